The van der Waals surface area contributed by atoms with Gasteiger partial charge in [-0.15, -0.1) is 0 Å². The quantitative estimate of drug-likeness (QED) is 0.835. The van der Waals surface area contributed by atoms with Crippen molar-refractivity contribution >= 4 is 5.69 Å². The summed E-state index contributed by atoms with van der Waals surface area (Å²) in [5.41, 5.74) is 8.51. The van der Waals surface area contributed by atoms with E-state index in [-0.39, 0.29) is 0 Å². The highest BCUT2D eigenvalue weighted by molar-refractivity contribution is 5.47. The number of nitrogen functional groups attached to an aromatic ring is 1. The van der Waals surface area contributed by atoms with Gasteiger partial charge in [0.25, 0.3) is 0 Å². The molecule has 2 aromatic rings. The van der Waals surface area contributed by atoms with Gasteiger partial charge >= 0.3 is 0 Å². The maximum Gasteiger partial charge on any atom is 0.245 e. The molecule has 0 saturated carbocycles. The van der Waals surface area contributed by atoms with Crippen LogP contribution in [0.4, 0.5) is 5.69 Å². The molecular formula is C12H13N3O. The van der Waals surface area contributed by atoms with Crippen LogP contribution in [-0.2, 0) is 0 Å². The molecule has 0 radical (unpaired) electrons. The molecule has 2 rings (SSSR count). The average Bonchev–Trinajstić information content (AvgIpc) is 2.27. The van der Waals surface area contributed by atoms with Crippen molar-refractivity contribution in [3.63, 3.8) is 0 Å². The smallest absolute Gasteiger partial charge is 0.245 e. The first-order chi connectivity index (χ1) is 7.66. The summed E-state index contributed by atoms with van der Waals surface area (Å²) in [5, 5.41) is 0. The van der Waals surface area contributed by atoms with Crippen molar-refractivity contribution in [2.75, 3.05) is 5.73 Å². The highest BCUT2D eigenvalue weighted by atomic mass is 16.5. The van der Waals surface area contributed by atoms with Gasteiger partial charge in [0.05, 0.1) is 6.20 Å². The monoisotopic (exact) mass is 215 g/mol. The third-order valence-electron chi connectivity index (χ3n) is 2.40. The van der Waals surface area contributed by atoms with Crippen molar-refractivity contribution < 1.29 is 4.74 Å². The molecule has 1 heterocycles. The maximum atomic E-state index is 5.69. The van der Waals surface area contributed by atoms with Crippen LogP contribution in [0, 0.1) is 13.8 Å². The summed E-state index contributed by atoms with van der Waals surface area (Å²) in [7, 11) is 0. The highest BCUT2D eigenvalue weighted by Gasteiger charge is 2.03. The van der Waals surface area contributed by atoms with Crippen LogP contribution in [0.1, 0.15) is 11.1 Å². The number of aromatic nitrogens is 2. The lowest BCUT2D eigenvalue weighted by Crippen LogP contribution is -1.96. The van der Waals surface area contributed by atoms with Crippen LogP contribution in [0.15, 0.2) is 30.7 Å². The van der Waals surface area contributed by atoms with Crippen LogP contribution in [0.3, 0.4) is 0 Å². The molecule has 1 aromatic carbocycles. The molecule has 2 N–H and O–H groups in total. The molecule has 82 valence electrons. The summed E-state index contributed by atoms with van der Waals surface area (Å²) in [4.78, 5) is 7.77. The number of anilines is 1. The van der Waals surface area contributed by atoms with Gasteiger partial charge in [0.1, 0.15) is 17.8 Å². The van der Waals surface area contributed by atoms with E-state index in [1.807, 2.05) is 25.1 Å². The van der Waals surface area contributed by atoms with E-state index in [0.29, 0.717) is 11.6 Å². The Morgan fingerprint density at radius 1 is 1.19 bits per heavy atom. The number of hydrogen-bond acceptors (Lipinski definition) is 4. The molecule has 16 heavy (non-hydrogen) atoms. The molecule has 4 heteroatoms. The number of nitrogens with two attached hydrogens (primary N) is 1. The molecule has 1 aromatic heterocycles. The second-order valence-corrected chi connectivity index (χ2v) is 3.63. The number of rotatable bonds is 2. The number of ether oxygens (including phenoxy) is 1. The van der Waals surface area contributed by atoms with Crippen molar-refractivity contribution in [2.45, 2.75) is 13.8 Å². The standard InChI is InChI=1S/C12H13N3O/c1-8-3-4-10(5-9(8)2)16-12-11(13)6-14-7-15-12/h3-7H,13H2,1-2H3. The Hall–Kier alpha value is -2.10. The summed E-state index contributed by atoms with van der Waals surface area (Å²) in [6.07, 6.45) is 2.93. The van der Waals surface area contributed by atoms with Gasteiger partial charge in [-0.05, 0) is 37.1 Å². The van der Waals surface area contributed by atoms with E-state index in [9.17, 15) is 0 Å². The Labute approximate surface area is 94.1 Å². The number of nitrogens with zero attached hydrogens (tertiary/aromatic N) is 2. The first-order valence-corrected chi connectivity index (χ1v) is 4.97. The van der Waals surface area contributed by atoms with Crippen molar-refractivity contribution in [3.05, 3.63) is 41.9 Å². The Morgan fingerprint density at radius 2 is 2.00 bits per heavy atom. The predicted octanol–water partition coefficient (Wildman–Crippen LogP) is 2.47. The van der Waals surface area contributed by atoms with Crippen molar-refractivity contribution in [2.24, 2.45) is 0 Å². The molecule has 0 fully saturated rings. The third-order valence-corrected chi connectivity index (χ3v) is 2.40. The minimum Gasteiger partial charge on any atom is -0.437 e. The van der Waals surface area contributed by atoms with E-state index >= 15 is 0 Å². The fourth-order valence-corrected chi connectivity index (χ4v) is 1.30. The molecule has 0 unspecified atom stereocenters. The number of aryl methyl sites for hydroxylation is 2. The molecular weight excluding hydrogens is 202 g/mol. The predicted molar refractivity (Wildman–Crippen MR) is 62.4 cm³/mol. The third kappa shape index (κ3) is 2.11. The van der Waals surface area contributed by atoms with Gasteiger partial charge in [0, 0.05) is 0 Å². The molecule has 0 amide bonds. The van der Waals surface area contributed by atoms with Crippen LogP contribution < -0.4 is 10.5 Å². The van der Waals surface area contributed by atoms with E-state index < -0.39 is 0 Å². The van der Waals surface area contributed by atoms with Gasteiger partial charge < -0.3 is 10.5 Å². The van der Waals surface area contributed by atoms with Gasteiger partial charge in [-0.2, -0.15) is 4.98 Å². The summed E-state index contributed by atoms with van der Waals surface area (Å²) in [6, 6.07) is 5.85. The summed E-state index contributed by atoms with van der Waals surface area (Å²) < 4.78 is 5.57. The zero-order chi connectivity index (χ0) is 11.5. The second kappa shape index (κ2) is 4.18. The zero-order valence-corrected chi connectivity index (χ0v) is 9.27. The topological polar surface area (TPSA) is 61.0 Å². The lowest BCUT2D eigenvalue weighted by molar-refractivity contribution is 0.463. The molecule has 0 aliphatic rings. The van der Waals surface area contributed by atoms with Crippen LogP contribution in [0.25, 0.3) is 0 Å². The van der Waals surface area contributed by atoms with E-state index in [2.05, 4.69) is 16.9 Å². The molecule has 0 bridgehead atoms. The Morgan fingerprint density at radius 3 is 2.69 bits per heavy atom. The average molecular weight is 215 g/mol. The van der Waals surface area contributed by atoms with Crippen LogP contribution >= 0.6 is 0 Å². The fraction of sp³-hybridized carbons (Fsp3) is 0.167. The molecule has 0 spiro atoms. The Balaban J connectivity index is 2.28. The van der Waals surface area contributed by atoms with Gasteiger partial charge in [0.2, 0.25) is 5.88 Å². The number of hydrogen-bond donors (Lipinski definition) is 1. The lowest BCUT2D eigenvalue weighted by Gasteiger charge is -2.08. The minimum atomic E-state index is 0.387. The molecule has 0 atom stereocenters. The van der Waals surface area contributed by atoms with Gasteiger partial charge in [0.15, 0.2) is 0 Å². The molecule has 0 aliphatic carbocycles. The molecule has 0 saturated heterocycles. The highest BCUT2D eigenvalue weighted by Crippen LogP contribution is 2.25. The lowest BCUT2D eigenvalue weighted by atomic mass is 10.1. The summed E-state index contributed by atoms with van der Waals surface area (Å²) in [6.45, 7) is 4.09. The molecule has 0 aliphatic heterocycles. The van der Waals surface area contributed by atoms with Gasteiger partial charge in [-0.25, -0.2) is 4.98 Å². The first kappa shape index (κ1) is 10.4. The normalized spacial score (nSPS) is 10.1. The fourth-order valence-electron chi connectivity index (χ4n) is 1.30. The van der Waals surface area contributed by atoms with Gasteiger partial charge in [-0.1, -0.05) is 6.07 Å². The first-order valence-electron chi connectivity index (χ1n) is 4.97. The number of benzene rings is 1. The maximum absolute atomic E-state index is 5.69. The van der Waals surface area contributed by atoms with Crippen LogP contribution in [-0.4, -0.2) is 9.97 Å². The summed E-state index contributed by atoms with van der Waals surface area (Å²) in [5.74, 6) is 1.12. The largest absolute Gasteiger partial charge is 0.437 e. The summed E-state index contributed by atoms with van der Waals surface area (Å²) >= 11 is 0. The Kier molecular flexibility index (Phi) is 2.72. The van der Waals surface area contributed by atoms with Crippen molar-refractivity contribution in [1.82, 2.24) is 9.97 Å². The van der Waals surface area contributed by atoms with Crippen LogP contribution in [0.5, 0.6) is 11.6 Å². The zero-order valence-electron chi connectivity index (χ0n) is 9.27. The van der Waals surface area contributed by atoms with Gasteiger partial charge in [-0.3, -0.25) is 0 Å². The Bertz CT molecular complexity index is 511. The second-order valence-electron chi connectivity index (χ2n) is 3.63. The van der Waals surface area contributed by atoms with Crippen molar-refractivity contribution in [3.8, 4) is 11.6 Å². The van der Waals surface area contributed by atoms with Crippen LogP contribution in [0.2, 0.25) is 0 Å². The van der Waals surface area contributed by atoms with E-state index in [1.165, 1.54) is 23.7 Å². The van der Waals surface area contributed by atoms with Crippen molar-refractivity contribution in [1.29, 1.82) is 0 Å². The van der Waals surface area contributed by atoms with E-state index in [4.69, 9.17) is 10.5 Å². The minimum absolute atomic E-state index is 0.387. The van der Waals surface area contributed by atoms with E-state index in [1.54, 1.807) is 0 Å². The SMILES string of the molecule is Cc1ccc(Oc2ncncc2N)cc1C. The molecule has 4 nitrogen and oxygen atoms in total. The van der Waals surface area contributed by atoms with E-state index in [0.717, 1.165) is 5.75 Å².